The SMILES string of the molecule is CCCOc1ccc(C=NNC(=O)C2CC2c2ccccc2)cc1. The summed E-state index contributed by atoms with van der Waals surface area (Å²) in [7, 11) is 0. The fourth-order valence-corrected chi connectivity index (χ4v) is 2.68. The molecule has 0 radical (unpaired) electrons. The van der Waals surface area contributed by atoms with Crippen LogP contribution in [0.5, 0.6) is 5.75 Å². The van der Waals surface area contributed by atoms with Gasteiger partial charge in [0.15, 0.2) is 0 Å². The average Bonchev–Trinajstić information content (AvgIpc) is 3.43. The van der Waals surface area contributed by atoms with Gasteiger partial charge < -0.3 is 4.74 Å². The number of hydrogen-bond donors (Lipinski definition) is 1. The molecular formula is C20H22N2O2. The quantitative estimate of drug-likeness (QED) is 0.624. The molecule has 1 fully saturated rings. The minimum absolute atomic E-state index is 0.0111. The van der Waals surface area contributed by atoms with Crippen LogP contribution in [-0.4, -0.2) is 18.7 Å². The van der Waals surface area contributed by atoms with E-state index in [1.54, 1.807) is 6.21 Å². The van der Waals surface area contributed by atoms with Crippen LogP contribution in [0.25, 0.3) is 0 Å². The van der Waals surface area contributed by atoms with Gasteiger partial charge >= 0.3 is 0 Å². The van der Waals surface area contributed by atoms with Gasteiger partial charge in [0, 0.05) is 5.92 Å². The monoisotopic (exact) mass is 322 g/mol. The van der Waals surface area contributed by atoms with Crippen LogP contribution in [0.1, 0.15) is 36.8 Å². The highest BCUT2D eigenvalue weighted by Crippen LogP contribution is 2.47. The number of amides is 1. The van der Waals surface area contributed by atoms with Crippen molar-refractivity contribution in [2.24, 2.45) is 11.0 Å². The number of hydrogen-bond acceptors (Lipinski definition) is 3. The maximum absolute atomic E-state index is 12.1. The molecule has 1 saturated carbocycles. The summed E-state index contributed by atoms with van der Waals surface area (Å²) in [6.45, 7) is 2.79. The molecule has 0 bridgehead atoms. The molecule has 2 unspecified atom stereocenters. The molecule has 0 saturated heterocycles. The van der Waals surface area contributed by atoms with Gasteiger partial charge in [-0.2, -0.15) is 5.10 Å². The zero-order chi connectivity index (χ0) is 16.8. The van der Waals surface area contributed by atoms with Crippen molar-refractivity contribution in [2.75, 3.05) is 6.61 Å². The molecule has 4 nitrogen and oxygen atoms in total. The van der Waals surface area contributed by atoms with Gasteiger partial charge in [0.05, 0.1) is 12.8 Å². The summed E-state index contributed by atoms with van der Waals surface area (Å²) in [6.07, 6.45) is 3.54. The van der Waals surface area contributed by atoms with Crippen molar-refractivity contribution in [2.45, 2.75) is 25.7 Å². The molecule has 1 amide bonds. The summed E-state index contributed by atoms with van der Waals surface area (Å²) >= 11 is 0. The molecular weight excluding hydrogens is 300 g/mol. The number of hydrazone groups is 1. The van der Waals surface area contributed by atoms with Gasteiger partial charge in [-0.25, -0.2) is 5.43 Å². The fourth-order valence-electron chi connectivity index (χ4n) is 2.68. The maximum atomic E-state index is 12.1. The van der Waals surface area contributed by atoms with Gasteiger partial charge in [-0.3, -0.25) is 4.79 Å². The smallest absolute Gasteiger partial charge is 0.243 e. The van der Waals surface area contributed by atoms with Gasteiger partial charge in [-0.1, -0.05) is 37.3 Å². The average molecular weight is 322 g/mol. The predicted molar refractivity (Wildman–Crippen MR) is 95.3 cm³/mol. The van der Waals surface area contributed by atoms with Crippen molar-refractivity contribution in [3.05, 3.63) is 65.7 Å². The fraction of sp³-hybridized carbons (Fsp3) is 0.300. The number of ether oxygens (including phenoxy) is 1. The molecule has 4 heteroatoms. The van der Waals surface area contributed by atoms with Crippen molar-refractivity contribution in [3.8, 4) is 5.75 Å². The van der Waals surface area contributed by atoms with Crippen LogP contribution < -0.4 is 10.2 Å². The molecule has 2 aromatic carbocycles. The minimum Gasteiger partial charge on any atom is -0.494 e. The van der Waals surface area contributed by atoms with E-state index in [0.29, 0.717) is 12.5 Å². The summed E-state index contributed by atoms with van der Waals surface area (Å²) < 4.78 is 5.53. The molecule has 3 rings (SSSR count). The largest absolute Gasteiger partial charge is 0.494 e. The van der Waals surface area contributed by atoms with Gasteiger partial charge in [-0.05, 0) is 54.2 Å². The Kier molecular flexibility index (Phi) is 5.26. The Morgan fingerprint density at radius 2 is 1.96 bits per heavy atom. The molecule has 1 aliphatic carbocycles. The Balaban J connectivity index is 1.47. The first-order valence-corrected chi connectivity index (χ1v) is 8.38. The molecule has 2 atom stereocenters. The number of rotatable bonds is 7. The molecule has 0 aromatic heterocycles. The van der Waals surface area contributed by atoms with E-state index in [2.05, 4.69) is 29.6 Å². The maximum Gasteiger partial charge on any atom is 0.243 e. The zero-order valence-electron chi connectivity index (χ0n) is 13.8. The summed E-state index contributed by atoms with van der Waals surface area (Å²) in [5, 5.41) is 4.06. The number of carbonyl (C=O) groups is 1. The first-order chi connectivity index (χ1) is 11.8. The Bertz CT molecular complexity index is 695. The number of nitrogens with one attached hydrogen (secondary N) is 1. The lowest BCUT2D eigenvalue weighted by atomic mass is 10.1. The molecule has 1 aliphatic rings. The van der Waals surface area contributed by atoms with Crippen LogP contribution in [0.4, 0.5) is 0 Å². The second-order valence-electron chi connectivity index (χ2n) is 6.01. The Morgan fingerprint density at radius 3 is 2.67 bits per heavy atom. The Morgan fingerprint density at radius 1 is 1.21 bits per heavy atom. The van der Waals surface area contributed by atoms with Crippen molar-refractivity contribution >= 4 is 12.1 Å². The molecule has 1 N–H and O–H groups in total. The third-order valence-electron chi connectivity index (χ3n) is 4.10. The normalized spacial score (nSPS) is 19.2. The van der Waals surface area contributed by atoms with E-state index in [4.69, 9.17) is 4.74 Å². The second kappa shape index (κ2) is 7.77. The number of nitrogens with zero attached hydrogens (tertiary/aromatic N) is 1. The lowest BCUT2D eigenvalue weighted by Gasteiger charge is -2.04. The van der Waals surface area contributed by atoms with Gasteiger partial charge in [0.25, 0.3) is 0 Å². The van der Waals surface area contributed by atoms with E-state index in [0.717, 1.165) is 24.2 Å². The molecule has 24 heavy (non-hydrogen) atoms. The predicted octanol–water partition coefficient (Wildman–Crippen LogP) is 3.73. The first-order valence-electron chi connectivity index (χ1n) is 8.38. The van der Waals surface area contributed by atoms with E-state index in [9.17, 15) is 4.79 Å². The topological polar surface area (TPSA) is 50.7 Å². The van der Waals surface area contributed by atoms with Crippen LogP contribution in [0, 0.1) is 5.92 Å². The lowest BCUT2D eigenvalue weighted by Crippen LogP contribution is -2.20. The third-order valence-corrected chi connectivity index (χ3v) is 4.10. The van der Waals surface area contributed by atoms with Crippen molar-refractivity contribution in [3.63, 3.8) is 0 Å². The summed E-state index contributed by atoms with van der Waals surface area (Å²) in [4.78, 5) is 12.1. The van der Waals surface area contributed by atoms with Crippen molar-refractivity contribution in [1.82, 2.24) is 5.43 Å². The van der Waals surface area contributed by atoms with Gasteiger partial charge in [0.1, 0.15) is 5.75 Å². The highest BCUT2D eigenvalue weighted by molar-refractivity contribution is 5.85. The number of carbonyl (C=O) groups excluding carboxylic acids is 1. The van der Waals surface area contributed by atoms with Crippen LogP contribution in [0.2, 0.25) is 0 Å². The van der Waals surface area contributed by atoms with Gasteiger partial charge in [-0.15, -0.1) is 0 Å². The second-order valence-corrected chi connectivity index (χ2v) is 6.01. The highest BCUT2D eigenvalue weighted by atomic mass is 16.5. The third kappa shape index (κ3) is 4.22. The Hall–Kier alpha value is -2.62. The molecule has 0 spiro atoms. The van der Waals surface area contributed by atoms with Crippen LogP contribution >= 0.6 is 0 Å². The van der Waals surface area contributed by atoms with Crippen molar-refractivity contribution < 1.29 is 9.53 Å². The van der Waals surface area contributed by atoms with E-state index in [-0.39, 0.29) is 11.8 Å². The van der Waals surface area contributed by atoms with E-state index in [1.807, 2.05) is 42.5 Å². The lowest BCUT2D eigenvalue weighted by molar-refractivity contribution is -0.122. The summed E-state index contributed by atoms with van der Waals surface area (Å²) in [5.41, 5.74) is 4.79. The van der Waals surface area contributed by atoms with E-state index >= 15 is 0 Å². The zero-order valence-corrected chi connectivity index (χ0v) is 13.8. The molecule has 0 aliphatic heterocycles. The Labute approximate surface area is 142 Å². The van der Waals surface area contributed by atoms with E-state index in [1.165, 1.54) is 5.56 Å². The van der Waals surface area contributed by atoms with E-state index < -0.39 is 0 Å². The van der Waals surface area contributed by atoms with Crippen LogP contribution in [0.15, 0.2) is 59.7 Å². The molecule has 0 heterocycles. The summed E-state index contributed by atoms with van der Waals surface area (Å²) in [5.74, 6) is 1.20. The highest BCUT2D eigenvalue weighted by Gasteiger charge is 2.43. The molecule has 2 aromatic rings. The van der Waals surface area contributed by atoms with Crippen LogP contribution in [-0.2, 0) is 4.79 Å². The first kappa shape index (κ1) is 16.2. The van der Waals surface area contributed by atoms with Gasteiger partial charge in [0.2, 0.25) is 5.91 Å². The standard InChI is InChI=1S/C20H22N2O2/c1-2-12-24-17-10-8-15(9-11-17)14-21-22-20(23)19-13-18(19)16-6-4-3-5-7-16/h3-11,14,18-19H,2,12-13H2,1H3,(H,22,23). The minimum atomic E-state index is -0.0111. The molecule has 124 valence electrons. The van der Waals surface area contributed by atoms with Crippen molar-refractivity contribution in [1.29, 1.82) is 0 Å². The summed E-state index contributed by atoms with van der Waals surface area (Å²) in [6, 6.07) is 17.8. The van der Waals surface area contributed by atoms with Crippen LogP contribution in [0.3, 0.4) is 0 Å². The number of benzene rings is 2.